The zero-order valence-electron chi connectivity index (χ0n) is 15.7. The van der Waals surface area contributed by atoms with E-state index >= 15 is 4.39 Å². The molecule has 0 aromatic carbocycles. The number of carbonyl (C=O) groups excluding carboxylic acids is 1. The molecule has 27 heavy (non-hydrogen) atoms. The molecule has 0 N–H and O–H groups in total. The molecule has 2 atom stereocenters. The molecular weight excluding hydrogens is 345 g/mol. The van der Waals surface area contributed by atoms with Crippen molar-refractivity contribution in [2.75, 3.05) is 18.0 Å². The molecule has 2 aromatic rings. The number of aromatic nitrogens is 3. The Hall–Kier alpha value is -2.57. The first-order valence-electron chi connectivity index (χ1n) is 9.46. The maximum absolute atomic E-state index is 15.1. The maximum atomic E-state index is 15.1. The van der Waals surface area contributed by atoms with Crippen molar-refractivity contribution in [2.45, 2.75) is 51.4 Å². The van der Waals surface area contributed by atoms with E-state index in [1.807, 2.05) is 24.8 Å². The van der Waals surface area contributed by atoms with Crippen molar-refractivity contribution in [2.24, 2.45) is 0 Å². The van der Waals surface area contributed by atoms with Crippen LogP contribution in [0, 0.1) is 13.8 Å². The number of nitrogens with zero attached hydrogens (tertiary/aromatic N) is 5. The Morgan fingerprint density at radius 1 is 1.11 bits per heavy atom. The minimum atomic E-state index is -1.13. The Bertz CT molecular complexity index is 806. The maximum Gasteiger partial charge on any atom is 0.256 e. The minimum Gasteiger partial charge on any atom is -0.338 e. The first-order valence-corrected chi connectivity index (χ1v) is 9.46. The van der Waals surface area contributed by atoms with Gasteiger partial charge in [0.2, 0.25) is 5.95 Å². The van der Waals surface area contributed by atoms with E-state index in [4.69, 9.17) is 0 Å². The van der Waals surface area contributed by atoms with Crippen molar-refractivity contribution in [1.29, 1.82) is 0 Å². The van der Waals surface area contributed by atoms with Crippen molar-refractivity contribution < 1.29 is 9.18 Å². The average molecular weight is 369 g/mol. The zero-order chi connectivity index (χ0) is 19.0. The predicted molar refractivity (Wildman–Crippen MR) is 100 cm³/mol. The highest BCUT2D eigenvalue weighted by molar-refractivity contribution is 5.94. The summed E-state index contributed by atoms with van der Waals surface area (Å²) < 4.78 is 15.1. The summed E-state index contributed by atoms with van der Waals surface area (Å²) in [6.45, 7) is 4.65. The molecule has 142 valence electrons. The van der Waals surface area contributed by atoms with Gasteiger partial charge in [-0.3, -0.25) is 9.78 Å². The number of halogens is 1. The van der Waals surface area contributed by atoms with Gasteiger partial charge < -0.3 is 9.80 Å². The van der Waals surface area contributed by atoms with E-state index in [1.165, 1.54) is 0 Å². The second-order valence-electron chi connectivity index (χ2n) is 7.51. The lowest BCUT2D eigenvalue weighted by molar-refractivity contribution is 0.0486. The standard InChI is InChI=1S/C20H24FN5O/c1-13-9-23-20(24-10-13)25-8-7-18(17(21)12-25)26(16-5-6-16)19(27)15-4-3-14(2)22-11-15/h3-4,9-11,16-18H,5-8,12H2,1-2H3. The molecule has 0 spiro atoms. The number of anilines is 1. The largest absolute Gasteiger partial charge is 0.338 e. The Kier molecular flexibility index (Phi) is 4.76. The molecule has 3 heterocycles. The van der Waals surface area contributed by atoms with Crippen LogP contribution in [-0.2, 0) is 0 Å². The molecular formula is C20H24FN5O. The van der Waals surface area contributed by atoms with Crippen molar-refractivity contribution in [3.63, 3.8) is 0 Å². The third-order valence-corrected chi connectivity index (χ3v) is 5.25. The van der Waals surface area contributed by atoms with E-state index in [9.17, 15) is 4.79 Å². The molecule has 2 unspecified atom stereocenters. The smallest absolute Gasteiger partial charge is 0.256 e. The first-order chi connectivity index (χ1) is 13.0. The number of hydrogen-bond acceptors (Lipinski definition) is 5. The summed E-state index contributed by atoms with van der Waals surface area (Å²) in [6, 6.07) is 3.34. The van der Waals surface area contributed by atoms with Crippen LogP contribution in [0.3, 0.4) is 0 Å². The van der Waals surface area contributed by atoms with Gasteiger partial charge in [-0.1, -0.05) is 0 Å². The third kappa shape index (κ3) is 3.77. The molecule has 1 saturated heterocycles. The summed E-state index contributed by atoms with van der Waals surface area (Å²) in [5, 5.41) is 0. The SMILES string of the molecule is Cc1cnc(N2CCC(N(C(=O)c3ccc(C)nc3)C3CC3)C(F)C2)nc1. The third-order valence-electron chi connectivity index (χ3n) is 5.25. The van der Waals surface area contributed by atoms with E-state index < -0.39 is 12.2 Å². The molecule has 2 aromatic heterocycles. The molecule has 2 fully saturated rings. The molecule has 1 aliphatic heterocycles. The lowest BCUT2D eigenvalue weighted by Crippen LogP contribution is -2.55. The number of pyridine rings is 1. The molecule has 7 heteroatoms. The molecule has 2 aliphatic rings. The summed E-state index contributed by atoms with van der Waals surface area (Å²) in [7, 11) is 0. The monoisotopic (exact) mass is 369 g/mol. The van der Waals surface area contributed by atoms with E-state index in [1.54, 1.807) is 29.6 Å². The van der Waals surface area contributed by atoms with E-state index in [-0.39, 0.29) is 18.5 Å². The molecule has 0 bridgehead atoms. The van der Waals surface area contributed by atoms with Crippen LogP contribution in [0.15, 0.2) is 30.7 Å². The summed E-state index contributed by atoms with van der Waals surface area (Å²) in [6.07, 6.45) is 6.40. The normalized spacial score (nSPS) is 22.6. The first kappa shape index (κ1) is 17.8. The number of piperidine rings is 1. The number of alkyl halides is 1. The Balaban J connectivity index is 1.50. The summed E-state index contributed by atoms with van der Waals surface area (Å²) >= 11 is 0. The van der Waals surface area contributed by atoms with Crippen molar-refractivity contribution in [3.05, 3.63) is 47.5 Å². The quantitative estimate of drug-likeness (QED) is 0.829. The number of rotatable bonds is 4. The van der Waals surface area contributed by atoms with Gasteiger partial charge in [0.25, 0.3) is 5.91 Å². The van der Waals surface area contributed by atoms with Crippen LogP contribution in [0.1, 0.15) is 40.9 Å². The van der Waals surface area contributed by atoms with Gasteiger partial charge in [0.05, 0.1) is 18.2 Å². The Labute approximate surface area is 158 Å². The molecule has 1 amide bonds. The molecule has 0 radical (unpaired) electrons. The number of carbonyl (C=O) groups is 1. The molecule has 1 saturated carbocycles. The lowest BCUT2D eigenvalue weighted by Gasteiger charge is -2.41. The van der Waals surface area contributed by atoms with E-state index in [2.05, 4.69) is 15.0 Å². The van der Waals surface area contributed by atoms with Gasteiger partial charge >= 0.3 is 0 Å². The minimum absolute atomic E-state index is 0.113. The average Bonchev–Trinajstić information content (AvgIpc) is 3.49. The highest BCUT2D eigenvalue weighted by Crippen LogP contribution is 2.34. The Morgan fingerprint density at radius 2 is 1.85 bits per heavy atom. The van der Waals surface area contributed by atoms with Gasteiger partial charge in [0.1, 0.15) is 6.17 Å². The number of amides is 1. The lowest BCUT2D eigenvalue weighted by atomic mass is 10.00. The van der Waals surface area contributed by atoms with Crippen LogP contribution in [-0.4, -0.2) is 57.1 Å². The predicted octanol–water partition coefficient (Wildman–Crippen LogP) is 2.71. The summed E-state index contributed by atoms with van der Waals surface area (Å²) in [5.74, 6) is 0.436. The van der Waals surface area contributed by atoms with Gasteiger partial charge in [0, 0.05) is 36.9 Å². The summed E-state index contributed by atoms with van der Waals surface area (Å²) in [4.78, 5) is 29.5. The summed E-state index contributed by atoms with van der Waals surface area (Å²) in [5.41, 5.74) is 2.37. The van der Waals surface area contributed by atoms with Crippen LogP contribution in [0.2, 0.25) is 0 Å². The van der Waals surface area contributed by atoms with Crippen LogP contribution in [0.25, 0.3) is 0 Å². The molecule has 4 rings (SSSR count). The van der Waals surface area contributed by atoms with Gasteiger partial charge in [-0.25, -0.2) is 14.4 Å². The van der Waals surface area contributed by atoms with E-state index in [0.717, 1.165) is 24.1 Å². The molecule has 6 nitrogen and oxygen atoms in total. The highest BCUT2D eigenvalue weighted by atomic mass is 19.1. The van der Waals surface area contributed by atoms with E-state index in [0.29, 0.717) is 24.5 Å². The van der Waals surface area contributed by atoms with Crippen molar-refractivity contribution >= 4 is 11.9 Å². The van der Waals surface area contributed by atoms with Gasteiger partial charge in [0.15, 0.2) is 0 Å². The number of hydrogen-bond donors (Lipinski definition) is 0. The fourth-order valence-electron chi connectivity index (χ4n) is 3.62. The van der Waals surface area contributed by atoms with Gasteiger partial charge in [-0.05, 0) is 50.8 Å². The zero-order valence-corrected chi connectivity index (χ0v) is 15.7. The second kappa shape index (κ2) is 7.21. The van der Waals surface area contributed by atoms with Crippen LogP contribution in [0.5, 0.6) is 0 Å². The fourth-order valence-corrected chi connectivity index (χ4v) is 3.62. The van der Waals surface area contributed by atoms with Gasteiger partial charge in [-0.15, -0.1) is 0 Å². The highest BCUT2D eigenvalue weighted by Gasteiger charge is 2.43. The van der Waals surface area contributed by atoms with Crippen molar-refractivity contribution in [1.82, 2.24) is 19.9 Å². The van der Waals surface area contributed by atoms with Crippen LogP contribution < -0.4 is 4.90 Å². The van der Waals surface area contributed by atoms with Crippen molar-refractivity contribution in [3.8, 4) is 0 Å². The van der Waals surface area contributed by atoms with Crippen LogP contribution in [0.4, 0.5) is 10.3 Å². The van der Waals surface area contributed by atoms with Crippen LogP contribution >= 0.6 is 0 Å². The topological polar surface area (TPSA) is 62.2 Å². The molecule has 1 aliphatic carbocycles. The van der Waals surface area contributed by atoms with Gasteiger partial charge in [-0.2, -0.15) is 0 Å². The second-order valence-corrected chi connectivity index (χ2v) is 7.51. The fraction of sp³-hybridized carbons (Fsp3) is 0.500. The number of aryl methyl sites for hydroxylation is 2. The Morgan fingerprint density at radius 3 is 2.44 bits per heavy atom.